The van der Waals surface area contributed by atoms with E-state index in [9.17, 15) is 9.59 Å². The van der Waals surface area contributed by atoms with Crippen LogP contribution < -0.4 is 10.9 Å². The fourth-order valence-electron chi connectivity index (χ4n) is 2.52. The first kappa shape index (κ1) is 19.8. The summed E-state index contributed by atoms with van der Waals surface area (Å²) in [6, 6.07) is 18.1. The summed E-state index contributed by atoms with van der Waals surface area (Å²) in [4.78, 5) is 24.2. The minimum absolute atomic E-state index is 0.0285. The molecule has 0 unspecified atom stereocenters. The van der Waals surface area contributed by atoms with Crippen LogP contribution >= 0.6 is 0 Å². The molecule has 1 aromatic heterocycles. The molecule has 0 saturated heterocycles. The average molecular weight is 388 g/mol. The van der Waals surface area contributed by atoms with Crippen molar-refractivity contribution in [2.75, 3.05) is 0 Å². The molecule has 2 N–H and O–H groups in total. The zero-order valence-corrected chi connectivity index (χ0v) is 16.0. The summed E-state index contributed by atoms with van der Waals surface area (Å²) < 4.78 is 5.28. The van der Waals surface area contributed by atoms with Gasteiger partial charge in [-0.05, 0) is 37.1 Å². The van der Waals surface area contributed by atoms with Crippen molar-refractivity contribution in [1.29, 1.82) is 0 Å². The Hall–Kier alpha value is -4.00. The van der Waals surface area contributed by atoms with E-state index in [4.69, 9.17) is 4.42 Å². The van der Waals surface area contributed by atoms with Crippen molar-refractivity contribution in [1.82, 2.24) is 10.9 Å². The number of carbonyl (C=O) groups excluding carboxylic acids is 2. The maximum atomic E-state index is 12.1. The summed E-state index contributed by atoms with van der Waals surface area (Å²) in [6.07, 6.45) is 3.06. The molecule has 29 heavy (non-hydrogen) atoms. The molecule has 7 heteroatoms. The first-order valence-electron chi connectivity index (χ1n) is 8.91. The van der Waals surface area contributed by atoms with Gasteiger partial charge < -0.3 is 4.42 Å². The van der Waals surface area contributed by atoms with Crippen molar-refractivity contribution in [3.05, 3.63) is 94.4 Å². The highest BCUT2D eigenvalue weighted by Gasteiger charge is 2.15. The van der Waals surface area contributed by atoms with Crippen molar-refractivity contribution in [2.45, 2.75) is 13.8 Å². The second-order valence-electron chi connectivity index (χ2n) is 6.39. The van der Waals surface area contributed by atoms with Gasteiger partial charge in [0.25, 0.3) is 0 Å². The molecule has 7 nitrogen and oxygen atoms in total. The van der Waals surface area contributed by atoms with E-state index in [2.05, 4.69) is 21.1 Å². The topological polar surface area (TPSA) is 96.1 Å². The highest BCUT2D eigenvalue weighted by atomic mass is 16.4. The molecule has 0 atom stereocenters. The first-order valence-corrected chi connectivity index (χ1v) is 8.91. The van der Waals surface area contributed by atoms with E-state index in [-0.39, 0.29) is 11.5 Å². The minimum Gasteiger partial charge on any atom is -0.446 e. The van der Waals surface area contributed by atoms with Crippen molar-refractivity contribution < 1.29 is 14.0 Å². The second-order valence-corrected chi connectivity index (χ2v) is 6.39. The number of nitrogens with one attached hydrogen (secondary N) is 2. The standard InChI is InChI=1S/C22H20N4O3/c1-15-5-3-7-17(11-15)13-23-25-21(27)19-9-10-20(29-19)22(28)26-24-14-18-8-4-6-16(2)12-18/h3-14H,1-2H3,(H,25,27)(H,26,28). The lowest BCUT2D eigenvalue weighted by Gasteiger charge is -1.98. The lowest BCUT2D eigenvalue weighted by molar-refractivity contribution is 0.0902. The zero-order chi connectivity index (χ0) is 20.6. The summed E-state index contributed by atoms with van der Waals surface area (Å²) in [7, 11) is 0. The summed E-state index contributed by atoms with van der Waals surface area (Å²) in [5.74, 6) is -1.18. The van der Waals surface area contributed by atoms with E-state index in [0.29, 0.717) is 0 Å². The van der Waals surface area contributed by atoms with Crippen LogP contribution in [0.5, 0.6) is 0 Å². The van der Waals surface area contributed by atoms with E-state index in [1.807, 2.05) is 62.4 Å². The van der Waals surface area contributed by atoms with Gasteiger partial charge in [-0.15, -0.1) is 0 Å². The summed E-state index contributed by atoms with van der Waals surface area (Å²) >= 11 is 0. The predicted octanol–water partition coefficient (Wildman–Crippen LogP) is 3.42. The van der Waals surface area contributed by atoms with Crippen LogP contribution in [0.2, 0.25) is 0 Å². The molecule has 3 aromatic rings. The molecule has 2 amide bonds. The number of nitrogens with zero attached hydrogens (tertiary/aromatic N) is 2. The fraction of sp³-hybridized carbons (Fsp3) is 0.0909. The number of amides is 2. The van der Waals surface area contributed by atoms with Gasteiger partial charge in [0.1, 0.15) is 0 Å². The molecule has 0 aliphatic rings. The first-order chi connectivity index (χ1) is 14.0. The predicted molar refractivity (Wildman–Crippen MR) is 111 cm³/mol. The van der Waals surface area contributed by atoms with Crippen LogP contribution in [0.25, 0.3) is 0 Å². The maximum Gasteiger partial charge on any atom is 0.307 e. The van der Waals surface area contributed by atoms with E-state index >= 15 is 0 Å². The number of hydrogen-bond acceptors (Lipinski definition) is 5. The largest absolute Gasteiger partial charge is 0.446 e. The number of hydrazone groups is 2. The quantitative estimate of drug-likeness (QED) is 0.500. The van der Waals surface area contributed by atoms with Crippen LogP contribution in [0.15, 0.2) is 75.3 Å². The molecule has 2 aromatic carbocycles. The van der Waals surface area contributed by atoms with Gasteiger partial charge in [0.2, 0.25) is 0 Å². The molecule has 0 spiro atoms. The van der Waals surface area contributed by atoms with Crippen molar-refractivity contribution in [3.8, 4) is 0 Å². The maximum absolute atomic E-state index is 12.1. The molecule has 1 heterocycles. The van der Waals surface area contributed by atoms with Crippen LogP contribution in [-0.4, -0.2) is 24.2 Å². The van der Waals surface area contributed by atoms with E-state index < -0.39 is 11.8 Å². The summed E-state index contributed by atoms with van der Waals surface area (Å²) in [5.41, 5.74) is 8.62. The molecule has 0 fully saturated rings. The van der Waals surface area contributed by atoms with E-state index in [1.54, 1.807) is 0 Å². The molecule has 0 aliphatic heterocycles. The Morgan fingerprint density at radius 1 is 0.759 bits per heavy atom. The van der Waals surface area contributed by atoms with Gasteiger partial charge in [-0.3, -0.25) is 9.59 Å². The average Bonchev–Trinajstić information content (AvgIpc) is 3.18. The number of rotatable bonds is 6. The van der Waals surface area contributed by atoms with Crippen LogP contribution in [0.4, 0.5) is 0 Å². The summed E-state index contributed by atoms with van der Waals surface area (Å²) in [6.45, 7) is 3.94. The van der Waals surface area contributed by atoms with Crippen molar-refractivity contribution >= 4 is 24.2 Å². The zero-order valence-electron chi connectivity index (χ0n) is 16.0. The molecular formula is C22H20N4O3. The lowest BCUT2D eigenvalue weighted by atomic mass is 10.2. The highest BCUT2D eigenvalue weighted by Crippen LogP contribution is 2.08. The van der Waals surface area contributed by atoms with Gasteiger partial charge >= 0.3 is 11.8 Å². The highest BCUT2D eigenvalue weighted by molar-refractivity contribution is 5.96. The summed E-state index contributed by atoms with van der Waals surface area (Å²) in [5, 5.41) is 7.79. The molecule has 0 radical (unpaired) electrons. The molecule has 146 valence electrons. The van der Waals surface area contributed by atoms with Crippen LogP contribution in [-0.2, 0) is 0 Å². The molecule has 3 rings (SSSR count). The monoisotopic (exact) mass is 388 g/mol. The molecular weight excluding hydrogens is 368 g/mol. The van der Waals surface area contributed by atoms with Crippen molar-refractivity contribution in [2.24, 2.45) is 10.2 Å². The van der Waals surface area contributed by atoms with Crippen LogP contribution in [0, 0.1) is 13.8 Å². The third kappa shape index (κ3) is 5.74. The van der Waals surface area contributed by atoms with Gasteiger partial charge in [0.15, 0.2) is 11.5 Å². The fourth-order valence-corrected chi connectivity index (χ4v) is 2.52. The minimum atomic E-state index is -0.559. The van der Waals surface area contributed by atoms with Gasteiger partial charge in [-0.25, -0.2) is 10.9 Å². The SMILES string of the molecule is Cc1cccc(C=NNC(=O)c2ccc(C(=O)NN=Cc3cccc(C)c3)o2)c1. The molecule has 0 saturated carbocycles. The second kappa shape index (κ2) is 9.27. The van der Waals surface area contributed by atoms with Gasteiger partial charge in [-0.2, -0.15) is 10.2 Å². The Labute approximate surface area is 168 Å². The number of benzene rings is 2. The Balaban J connectivity index is 1.55. The smallest absolute Gasteiger partial charge is 0.307 e. The Kier molecular flexibility index (Phi) is 6.32. The number of furan rings is 1. The van der Waals surface area contributed by atoms with Gasteiger partial charge in [0, 0.05) is 0 Å². The number of hydrogen-bond donors (Lipinski definition) is 2. The molecule has 0 aliphatic carbocycles. The third-order valence-electron chi connectivity index (χ3n) is 3.90. The van der Waals surface area contributed by atoms with E-state index in [1.165, 1.54) is 24.6 Å². The van der Waals surface area contributed by atoms with E-state index in [0.717, 1.165) is 22.3 Å². The van der Waals surface area contributed by atoms with Crippen molar-refractivity contribution in [3.63, 3.8) is 0 Å². The van der Waals surface area contributed by atoms with Crippen LogP contribution in [0.1, 0.15) is 43.4 Å². The third-order valence-corrected chi connectivity index (χ3v) is 3.90. The Bertz CT molecular complexity index is 999. The van der Waals surface area contributed by atoms with Gasteiger partial charge in [0.05, 0.1) is 12.4 Å². The lowest BCUT2D eigenvalue weighted by Crippen LogP contribution is -2.18. The Morgan fingerprint density at radius 2 is 1.21 bits per heavy atom. The van der Waals surface area contributed by atoms with Crippen LogP contribution in [0.3, 0.4) is 0 Å². The van der Waals surface area contributed by atoms with Gasteiger partial charge in [-0.1, -0.05) is 59.7 Å². The molecule has 0 bridgehead atoms. The normalized spacial score (nSPS) is 11.1. The Morgan fingerprint density at radius 3 is 1.62 bits per heavy atom. The number of carbonyl (C=O) groups is 2. The number of aryl methyl sites for hydroxylation is 2.